The van der Waals surface area contributed by atoms with Crippen molar-refractivity contribution in [1.82, 2.24) is 10.0 Å². The molecule has 3 aliphatic rings. The SMILES string of the molecule is O=C1[C@@H]2N=NN(CC(=O)N3N=C(c4cccc5ccccc45)C[C@@H]3c3ccccc3)[C@H]2C(=O)N1c1cccc(Br)c1. The van der Waals surface area contributed by atoms with E-state index in [1.807, 2.05) is 60.7 Å². The molecule has 0 saturated carbocycles. The van der Waals surface area contributed by atoms with Gasteiger partial charge in [0, 0.05) is 16.5 Å². The first-order valence-electron chi connectivity index (χ1n) is 13.2. The maximum atomic E-state index is 13.9. The largest absolute Gasteiger partial charge is 0.271 e. The molecule has 4 aromatic carbocycles. The third kappa shape index (κ3) is 4.31. The van der Waals surface area contributed by atoms with Gasteiger partial charge in [0.2, 0.25) is 0 Å². The molecule has 3 aliphatic heterocycles. The topological polar surface area (TPSA) is 98.0 Å². The van der Waals surface area contributed by atoms with Gasteiger partial charge < -0.3 is 0 Å². The normalized spacial score (nSPS) is 21.6. The monoisotopic (exact) mass is 606 g/mol. The Kier molecular flexibility index (Phi) is 6.19. The highest BCUT2D eigenvalue weighted by Gasteiger charge is 2.55. The highest BCUT2D eigenvalue weighted by molar-refractivity contribution is 9.10. The van der Waals surface area contributed by atoms with Crippen molar-refractivity contribution in [2.45, 2.75) is 24.5 Å². The van der Waals surface area contributed by atoms with Gasteiger partial charge in [0.25, 0.3) is 17.7 Å². The van der Waals surface area contributed by atoms with E-state index in [0.717, 1.165) is 37.0 Å². The molecule has 41 heavy (non-hydrogen) atoms. The number of halogens is 1. The van der Waals surface area contributed by atoms with E-state index in [2.05, 4.69) is 44.5 Å². The number of carbonyl (C=O) groups excluding carboxylic acids is 3. The number of imide groups is 1. The molecule has 0 aromatic heterocycles. The van der Waals surface area contributed by atoms with Crippen LogP contribution in [0.5, 0.6) is 0 Å². The fourth-order valence-electron chi connectivity index (χ4n) is 5.75. The molecule has 3 atom stereocenters. The Morgan fingerprint density at radius 2 is 1.63 bits per heavy atom. The quantitative estimate of drug-likeness (QED) is 0.289. The lowest BCUT2D eigenvalue weighted by molar-refractivity contribution is -0.135. The molecule has 3 heterocycles. The highest BCUT2D eigenvalue weighted by Crippen LogP contribution is 2.36. The van der Waals surface area contributed by atoms with E-state index in [-0.39, 0.29) is 18.5 Å². The van der Waals surface area contributed by atoms with Gasteiger partial charge in [0.05, 0.1) is 17.4 Å². The molecule has 0 aliphatic carbocycles. The number of hydrogen-bond donors (Lipinski definition) is 0. The molecule has 0 radical (unpaired) electrons. The van der Waals surface area contributed by atoms with Crippen LogP contribution in [0, 0.1) is 0 Å². The predicted molar refractivity (Wildman–Crippen MR) is 157 cm³/mol. The molecule has 202 valence electrons. The van der Waals surface area contributed by atoms with Crippen molar-refractivity contribution in [3.05, 3.63) is 113 Å². The number of fused-ring (bicyclic) bond motifs is 2. The molecular weight excluding hydrogens is 584 g/mol. The first-order valence-corrected chi connectivity index (χ1v) is 14.0. The standard InChI is InChI=1S/C31H23BrN6O3/c32-21-12-7-13-22(16-21)37-30(40)28-29(31(37)41)36(35-33-28)18-27(39)38-26(20-9-2-1-3-10-20)17-25(34-38)24-15-6-11-19-8-4-5-14-23(19)24/h1-16,26,28-29H,17-18H2/t26-,28-,29-/m1/s1. The summed E-state index contributed by atoms with van der Waals surface area (Å²) in [6, 6.07) is 28.6. The van der Waals surface area contributed by atoms with Crippen molar-refractivity contribution in [3.8, 4) is 0 Å². The lowest BCUT2D eigenvalue weighted by atomic mass is 9.95. The van der Waals surface area contributed by atoms with Gasteiger partial charge in [-0.1, -0.05) is 100 Å². The van der Waals surface area contributed by atoms with E-state index < -0.39 is 23.9 Å². The van der Waals surface area contributed by atoms with E-state index in [4.69, 9.17) is 5.10 Å². The van der Waals surface area contributed by atoms with Crippen molar-refractivity contribution in [1.29, 1.82) is 0 Å². The second kappa shape index (κ2) is 10.0. The van der Waals surface area contributed by atoms with E-state index in [9.17, 15) is 14.4 Å². The number of rotatable bonds is 5. The summed E-state index contributed by atoms with van der Waals surface area (Å²) < 4.78 is 0.738. The van der Waals surface area contributed by atoms with Crippen molar-refractivity contribution in [3.63, 3.8) is 0 Å². The fourth-order valence-corrected chi connectivity index (χ4v) is 6.14. The van der Waals surface area contributed by atoms with E-state index in [0.29, 0.717) is 12.1 Å². The van der Waals surface area contributed by atoms with Crippen molar-refractivity contribution in [2.24, 2.45) is 15.4 Å². The van der Waals surface area contributed by atoms with Crippen molar-refractivity contribution >= 4 is 55.8 Å². The lowest BCUT2D eigenvalue weighted by Gasteiger charge is -2.25. The minimum Gasteiger partial charge on any atom is -0.271 e. The molecule has 4 aromatic rings. The first kappa shape index (κ1) is 25.3. The second-order valence-corrected chi connectivity index (χ2v) is 11.0. The molecule has 9 nitrogen and oxygen atoms in total. The van der Waals surface area contributed by atoms with E-state index in [1.54, 1.807) is 18.2 Å². The zero-order valence-corrected chi connectivity index (χ0v) is 23.3. The number of amides is 3. The molecule has 7 rings (SSSR count). The zero-order chi connectivity index (χ0) is 28.1. The Labute approximate surface area is 243 Å². The van der Waals surface area contributed by atoms with Crippen LogP contribution < -0.4 is 4.90 Å². The van der Waals surface area contributed by atoms with Gasteiger partial charge in [-0.2, -0.15) is 10.2 Å². The molecule has 0 unspecified atom stereocenters. The van der Waals surface area contributed by atoms with Gasteiger partial charge in [0.1, 0.15) is 6.54 Å². The van der Waals surface area contributed by atoms with Crippen LogP contribution in [0.1, 0.15) is 23.6 Å². The van der Waals surface area contributed by atoms with Crippen LogP contribution >= 0.6 is 15.9 Å². The average molecular weight is 607 g/mol. The molecular formula is C31H23BrN6O3. The summed E-state index contributed by atoms with van der Waals surface area (Å²) in [4.78, 5) is 41.6. The van der Waals surface area contributed by atoms with Crippen LogP contribution in [0.2, 0.25) is 0 Å². The summed E-state index contributed by atoms with van der Waals surface area (Å²) in [6.45, 7) is -0.244. The zero-order valence-electron chi connectivity index (χ0n) is 21.7. The molecule has 10 heteroatoms. The molecule has 3 amide bonds. The number of anilines is 1. The summed E-state index contributed by atoms with van der Waals surface area (Å²) in [7, 11) is 0. The van der Waals surface area contributed by atoms with E-state index >= 15 is 0 Å². The Morgan fingerprint density at radius 1 is 0.878 bits per heavy atom. The van der Waals surface area contributed by atoms with Crippen molar-refractivity contribution < 1.29 is 14.4 Å². The van der Waals surface area contributed by atoms with Crippen LogP contribution in [0.25, 0.3) is 10.8 Å². The summed E-state index contributed by atoms with van der Waals surface area (Å²) in [6.07, 6.45) is 0.533. The number of carbonyl (C=O) groups is 3. The van der Waals surface area contributed by atoms with E-state index in [1.165, 1.54) is 10.0 Å². The minimum atomic E-state index is -0.993. The third-order valence-electron chi connectivity index (χ3n) is 7.67. The summed E-state index contributed by atoms with van der Waals surface area (Å²) in [5, 5.41) is 18.0. The van der Waals surface area contributed by atoms with Crippen LogP contribution in [0.3, 0.4) is 0 Å². The summed E-state index contributed by atoms with van der Waals surface area (Å²) in [5.41, 5.74) is 3.17. The van der Waals surface area contributed by atoms with Crippen LogP contribution in [-0.4, -0.2) is 52.1 Å². The fraction of sp³-hybridized carbons (Fsp3) is 0.161. The number of hydrogen-bond acceptors (Lipinski definition) is 7. The number of nitrogens with zero attached hydrogens (tertiary/aromatic N) is 6. The molecule has 0 spiro atoms. The Bertz CT molecular complexity index is 1770. The predicted octanol–water partition coefficient (Wildman–Crippen LogP) is 5.27. The highest BCUT2D eigenvalue weighted by atomic mass is 79.9. The van der Waals surface area contributed by atoms with Crippen LogP contribution in [0.15, 0.2) is 117 Å². The van der Waals surface area contributed by atoms with Crippen molar-refractivity contribution in [2.75, 3.05) is 11.4 Å². The summed E-state index contributed by atoms with van der Waals surface area (Å²) in [5.74, 6) is -1.26. The van der Waals surface area contributed by atoms with Gasteiger partial charge in [-0.05, 0) is 34.5 Å². The number of benzene rings is 4. The third-order valence-corrected chi connectivity index (χ3v) is 8.17. The average Bonchev–Trinajstić information content (AvgIpc) is 3.68. The molecule has 0 bridgehead atoms. The maximum Gasteiger partial charge on any atom is 0.264 e. The Balaban J connectivity index is 1.19. The molecule has 0 N–H and O–H groups in total. The summed E-state index contributed by atoms with van der Waals surface area (Å²) >= 11 is 3.39. The van der Waals surface area contributed by atoms with Crippen LogP contribution in [0.4, 0.5) is 5.69 Å². The second-order valence-electron chi connectivity index (χ2n) is 10.1. The van der Waals surface area contributed by atoms with Gasteiger partial charge in [0.15, 0.2) is 12.1 Å². The van der Waals surface area contributed by atoms with Crippen LogP contribution in [-0.2, 0) is 14.4 Å². The first-order chi connectivity index (χ1) is 20.0. The van der Waals surface area contributed by atoms with Gasteiger partial charge in [-0.3, -0.25) is 19.4 Å². The minimum absolute atomic E-state index is 0.244. The van der Waals surface area contributed by atoms with Gasteiger partial charge >= 0.3 is 0 Å². The number of hydrazone groups is 1. The van der Waals surface area contributed by atoms with Gasteiger partial charge in [-0.15, -0.1) is 0 Å². The Hall–Kier alpha value is -4.70. The maximum absolute atomic E-state index is 13.9. The van der Waals surface area contributed by atoms with Gasteiger partial charge in [-0.25, -0.2) is 9.91 Å². The smallest absolute Gasteiger partial charge is 0.264 e. The molecule has 1 saturated heterocycles. The molecule has 1 fully saturated rings. The Morgan fingerprint density at radius 3 is 2.46 bits per heavy atom. The lowest BCUT2D eigenvalue weighted by Crippen LogP contribution is -2.44.